The summed E-state index contributed by atoms with van der Waals surface area (Å²) in [5.41, 5.74) is 1.48. The molecule has 180 valence electrons. The summed E-state index contributed by atoms with van der Waals surface area (Å²) in [5.74, 6) is 0.836. The van der Waals surface area contributed by atoms with Crippen molar-refractivity contribution in [2.75, 3.05) is 39.8 Å². The molecule has 7 heteroatoms. The summed E-state index contributed by atoms with van der Waals surface area (Å²) in [6, 6.07) is 11.7. The highest BCUT2D eigenvalue weighted by molar-refractivity contribution is 6.07. The summed E-state index contributed by atoms with van der Waals surface area (Å²) in [6.07, 6.45) is 10.7. The van der Waals surface area contributed by atoms with Crippen LogP contribution in [-0.4, -0.2) is 77.0 Å². The molecule has 3 heterocycles. The molecular formula is C27H34N4O3. The number of likely N-dealkylation sites (tertiary alicyclic amines) is 1. The lowest BCUT2D eigenvalue weighted by molar-refractivity contribution is -0.135. The van der Waals surface area contributed by atoms with Gasteiger partial charge in [0.25, 0.3) is 5.91 Å². The van der Waals surface area contributed by atoms with E-state index in [0.717, 1.165) is 49.4 Å². The van der Waals surface area contributed by atoms with Gasteiger partial charge in [-0.3, -0.25) is 19.6 Å². The highest BCUT2D eigenvalue weighted by Gasteiger charge is 2.56. The number of likely N-dealkylation sites (N-methyl/N-ethyl adjacent to an activating group) is 1. The Bertz CT molecular complexity index is 1020. The van der Waals surface area contributed by atoms with Gasteiger partial charge in [-0.1, -0.05) is 36.4 Å². The average Bonchev–Trinajstić information content (AvgIpc) is 3.06. The lowest BCUT2D eigenvalue weighted by Crippen LogP contribution is -2.56. The monoisotopic (exact) mass is 462 g/mol. The third-order valence-corrected chi connectivity index (χ3v) is 6.99. The van der Waals surface area contributed by atoms with Crippen molar-refractivity contribution >= 4 is 18.0 Å². The van der Waals surface area contributed by atoms with E-state index in [1.54, 1.807) is 18.2 Å². The molecule has 1 spiro atoms. The number of piperidine rings is 1. The number of para-hydroxylation sites is 1. The van der Waals surface area contributed by atoms with E-state index < -0.39 is 5.54 Å². The molecule has 2 aliphatic rings. The van der Waals surface area contributed by atoms with E-state index in [9.17, 15) is 9.59 Å². The SMILES string of the molecule is CCN1C(=O)N(CCCc2cccnc2)C(=O)C12CCN(CC=Cc1ccccc1OC)CC2. The first kappa shape index (κ1) is 24.0. The van der Waals surface area contributed by atoms with Crippen LogP contribution in [0.5, 0.6) is 5.75 Å². The lowest BCUT2D eigenvalue weighted by Gasteiger charge is -2.41. The highest BCUT2D eigenvalue weighted by atomic mass is 16.5. The Hall–Kier alpha value is -3.19. The molecule has 1 aromatic carbocycles. The Morgan fingerprint density at radius 1 is 1.12 bits per heavy atom. The summed E-state index contributed by atoms with van der Waals surface area (Å²) < 4.78 is 5.41. The molecule has 0 unspecified atom stereocenters. The summed E-state index contributed by atoms with van der Waals surface area (Å²) in [7, 11) is 1.68. The van der Waals surface area contributed by atoms with Crippen LogP contribution < -0.4 is 4.74 Å². The topological polar surface area (TPSA) is 66.0 Å². The van der Waals surface area contributed by atoms with Gasteiger partial charge in [-0.05, 0) is 50.3 Å². The number of aryl methyl sites for hydroxylation is 1. The van der Waals surface area contributed by atoms with Gasteiger partial charge in [0, 0.05) is 50.7 Å². The third-order valence-electron chi connectivity index (χ3n) is 6.99. The van der Waals surface area contributed by atoms with E-state index in [1.807, 2.05) is 49.5 Å². The Labute approximate surface area is 202 Å². The normalized spacial score (nSPS) is 18.4. The first-order valence-electron chi connectivity index (χ1n) is 12.1. The fraction of sp³-hybridized carbons (Fsp3) is 0.444. The van der Waals surface area contributed by atoms with Crippen LogP contribution in [0.1, 0.15) is 37.3 Å². The van der Waals surface area contributed by atoms with Crippen molar-refractivity contribution in [3.05, 3.63) is 66.0 Å². The van der Waals surface area contributed by atoms with Crippen LogP contribution in [0.3, 0.4) is 0 Å². The number of hydrogen-bond acceptors (Lipinski definition) is 5. The largest absolute Gasteiger partial charge is 0.496 e. The third kappa shape index (κ3) is 4.85. The Morgan fingerprint density at radius 2 is 1.91 bits per heavy atom. The molecule has 0 atom stereocenters. The molecule has 2 aromatic rings. The predicted octanol–water partition coefficient (Wildman–Crippen LogP) is 3.85. The quantitative estimate of drug-likeness (QED) is 0.530. The van der Waals surface area contributed by atoms with Gasteiger partial charge >= 0.3 is 6.03 Å². The zero-order valence-electron chi connectivity index (χ0n) is 20.2. The highest BCUT2D eigenvalue weighted by Crippen LogP contribution is 2.37. The number of carbonyl (C=O) groups excluding carboxylic acids is 2. The van der Waals surface area contributed by atoms with Crippen LogP contribution >= 0.6 is 0 Å². The van der Waals surface area contributed by atoms with Crippen LogP contribution in [0.25, 0.3) is 6.08 Å². The van der Waals surface area contributed by atoms with Crippen molar-refractivity contribution in [3.8, 4) is 5.75 Å². The number of imide groups is 1. The number of amides is 3. The molecule has 2 aliphatic heterocycles. The first-order valence-corrected chi connectivity index (χ1v) is 12.1. The number of rotatable bonds is 9. The van der Waals surface area contributed by atoms with E-state index in [2.05, 4.69) is 22.0 Å². The van der Waals surface area contributed by atoms with Gasteiger partial charge in [-0.2, -0.15) is 0 Å². The number of nitrogens with zero attached hydrogens (tertiary/aromatic N) is 4. The van der Waals surface area contributed by atoms with E-state index in [0.29, 0.717) is 25.9 Å². The number of ether oxygens (including phenoxy) is 1. The number of benzene rings is 1. The van der Waals surface area contributed by atoms with E-state index in [-0.39, 0.29) is 11.9 Å². The second-order valence-electron chi connectivity index (χ2n) is 8.92. The zero-order chi connectivity index (χ0) is 24.0. The average molecular weight is 463 g/mol. The molecule has 4 rings (SSSR count). The number of hydrogen-bond donors (Lipinski definition) is 0. The van der Waals surface area contributed by atoms with Crippen molar-refractivity contribution in [1.29, 1.82) is 0 Å². The maximum absolute atomic E-state index is 13.5. The maximum Gasteiger partial charge on any atom is 0.327 e. The van der Waals surface area contributed by atoms with Crippen molar-refractivity contribution in [2.45, 2.75) is 38.1 Å². The molecule has 3 amide bonds. The summed E-state index contributed by atoms with van der Waals surface area (Å²) in [6.45, 7) is 5.35. The number of methoxy groups -OCH3 is 1. The molecule has 34 heavy (non-hydrogen) atoms. The van der Waals surface area contributed by atoms with Gasteiger partial charge in [0.05, 0.1) is 7.11 Å². The van der Waals surface area contributed by atoms with Crippen LogP contribution in [-0.2, 0) is 11.2 Å². The van der Waals surface area contributed by atoms with E-state index in [1.165, 1.54) is 4.90 Å². The number of carbonyl (C=O) groups is 2. The molecule has 0 N–H and O–H groups in total. The summed E-state index contributed by atoms with van der Waals surface area (Å²) in [5, 5.41) is 0. The molecule has 0 aliphatic carbocycles. The lowest BCUT2D eigenvalue weighted by atomic mass is 9.85. The second-order valence-corrected chi connectivity index (χ2v) is 8.92. The number of pyridine rings is 1. The van der Waals surface area contributed by atoms with Crippen LogP contribution in [0.15, 0.2) is 54.9 Å². The molecule has 1 aromatic heterocycles. The minimum Gasteiger partial charge on any atom is -0.496 e. The fourth-order valence-electron chi connectivity index (χ4n) is 5.13. The Balaban J connectivity index is 1.34. The van der Waals surface area contributed by atoms with Crippen LogP contribution in [0.4, 0.5) is 4.79 Å². The molecule has 2 saturated heterocycles. The molecule has 0 radical (unpaired) electrons. The van der Waals surface area contributed by atoms with Gasteiger partial charge in [0.15, 0.2) is 0 Å². The predicted molar refractivity (Wildman–Crippen MR) is 132 cm³/mol. The van der Waals surface area contributed by atoms with Gasteiger partial charge in [-0.15, -0.1) is 0 Å². The Kier molecular flexibility index (Phi) is 7.63. The Morgan fingerprint density at radius 3 is 2.62 bits per heavy atom. The van der Waals surface area contributed by atoms with Gasteiger partial charge < -0.3 is 9.64 Å². The first-order chi connectivity index (χ1) is 16.6. The van der Waals surface area contributed by atoms with Gasteiger partial charge in [0.1, 0.15) is 11.3 Å². The zero-order valence-corrected chi connectivity index (χ0v) is 20.2. The summed E-state index contributed by atoms with van der Waals surface area (Å²) >= 11 is 0. The second kappa shape index (κ2) is 10.8. The molecular weight excluding hydrogens is 428 g/mol. The van der Waals surface area contributed by atoms with Gasteiger partial charge in [-0.25, -0.2) is 4.79 Å². The van der Waals surface area contributed by atoms with Crippen LogP contribution in [0, 0.1) is 0 Å². The van der Waals surface area contributed by atoms with Crippen LogP contribution in [0.2, 0.25) is 0 Å². The molecule has 7 nitrogen and oxygen atoms in total. The standard InChI is InChI=1S/C27H34N4O3/c1-3-31-26(33)30(18-7-10-22-9-6-16-28-21-22)25(32)27(31)14-19-29(20-15-27)17-8-12-23-11-4-5-13-24(23)34-2/h4-6,8-9,11-13,16,21H,3,7,10,14-15,17-20H2,1-2H3. The van der Waals surface area contributed by atoms with E-state index >= 15 is 0 Å². The molecule has 0 bridgehead atoms. The summed E-state index contributed by atoms with van der Waals surface area (Å²) in [4.78, 5) is 36.4. The minimum atomic E-state index is -0.691. The van der Waals surface area contributed by atoms with Crippen molar-refractivity contribution < 1.29 is 14.3 Å². The molecule has 0 saturated carbocycles. The van der Waals surface area contributed by atoms with Gasteiger partial charge in [0.2, 0.25) is 0 Å². The molecule has 2 fully saturated rings. The number of urea groups is 1. The maximum atomic E-state index is 13.5. The van der Waals surface area contributed by atoms with Crippen molar-refractivity contribution in [1.82, 2.24) is 19.7 Å². The number of aromatic nitrogens is 1. The van der Waals surface area contributed by atoms with Crippen molar-refractivity contribution in [3.63, 3.8) is 0 Å². The fourth-order valence-corrected chi connectivity index (χ4v) is 5.13. The van der Waals surface area contributed by atoms with E-state index in [4.69, 9.17) is 4.74 Å². The smallest absolute Gasteiger partial charge is 0.327 e. The minimum absolute atomic E-state index is 0.0187. The van der Waals surface area contributed by atoms with Crippen molar-refractivity contribution in [2.24, 2.45) is 0 Å².